The molecule has 0 spiro atoms. The van der Waals surface area contributed by atoms with Crippen molar-refractivity contribution in [2.75, 3.05) is 6.79 Å². The molecular formula is C9H11NO2. The second kappa shape index (κ2) is 2.68. The molecule has 1 aromatic rings. The van der Waals surface area contributed by atoms with Crippen LogP contribution in [0.3, 0.4) is 0 Å². The number of nitrogens with two attached hydrogens (primary N) is 1. The lowest BCUT2D eigenvalue weighted by Crippen LogP contribution is -2.05. The highest BCUT2D eigenvalue weighted by Crippen LogP contribution is 2.37. The van der Waals surface area contributed by atoms with Crippen LogP contribution in [0.1, 0.15) is 18.5 Å². The molecule has 0 fully saturated rings. The average molecular weight is 165 g/mol. The van der Waals surface area contributed by atoms with Crippen LogP contribution in [-0.2, 0) is 0 Å². The van der Waals surface area contributed by atoms with E-state index in [0.29, 0.717) is 6.79 Å². The molecule has 0 amide bonds. The Kier molecular flexibility index (Phi) is 1.66. The Morgan fingerprint density at radius 3 is 3.00 bits per heavy atom. The first-order valence-corrected chi connectivity index (χ1v) is 3.93. The van der Waals surface area contributed by atoms with Crippen molar-refractivity contribution in [3.8, 4) is 11.5 Å². The lowest BCUT2D eigenvalue weighted by atomic mass is 10.1. The van der Waals surface area contributed by atoms with E-state index in [0.717, 1.165) is 17.1 Å². The third-order valence-corrected chi connectivity index (χ3v) is 1.92. The van der Waals surface area contributed by atoms with Crippen LogP contribution in [0.4, 0.5) is 0 Å². The van der Waals surface area contributed by atoms with Gasteiger partial charge >= 0.3 is 0 Å². The Morgan fingerprint density at radius 1 is 1.42 bits per heavy atom. The molecule has 12 heavy (non-hydrogen) atoms. The minimum Gasteiger partial charge on any atom is -0.454 e. The number of benzene rings is 1. The van der Waals surface area contributed by atoms with E-state index in [2.05, 4.69) is 0 Å². The van der Waals surface area contributed by atoms with Crippen LogP contribution < -0.4 is 15.2 Å². The molecule has 2 N–H and O–H groups in total. The van der Waals surface area contributed by atoms with E-state index < -0.39 is 0 Å². The van der Waals surface area contributed by atoms with Crippen LogP contribution in [0, 0.1) is 0 Å². The summed E-state index contributed by atoms with van der Waals surface area (Å²) >= 11 is 0. The van der Waals surface area contributed by atoms with Gasteiger partial charge in [-0.05, 0) is 13.0 Å². The van der Waals surface area contributed by atoms with Crippen molar-refractivity contribution >= 4 is 0 Å². The normalized spacial score (nSPS) is 16.2. The third-order valence-electron chi connectivity index (χ3n) is 1.92. The van der Waals surface area contributed by atoms with E-state index in [1.165, 1.54) is 0 Å². The summed E-state index contributed by atoms with van der Waals surface area (Å²) in [5.41, 5.74) is 6.76. The van der Waals surface area contributed by atoms with Crippen molar-refractivity contribution in [3.63, 3.8) is 0 Å². The fraction of sp³-hybridized carbons (Fsp3) is 0.333. The van der Waals surface area contributed by atoms with E-state index in [4.69, 9.17) is 15.2 Å². The molecule has 1 heterocycles. The molecule has 1 aliphatic heterocycles. The van der Waals surface area contributed by atoms with E-state index in [1.54, 1.807) is 0 Å². The molecule has 0 saturated heterocycles. The van der Waals surface area contributed by atoms with Crippen molar-refractivity contribution in [2.24, 2.45) is 5.73 Å². The van der Waals surface area contributed by atoms with Gasteiger partial charge in [-0.25, -0.2) is 0 Å². The van der Waals surface area contributed by atoms with Crippen LogP contribution in [0.5, 0.6) is 11.5 Å². The van der Waals surface area contributed by atoms with Gasteiger partial charge in [0, 0.05) is 11.6 Å². The maximum Gasteiger partial charge on any atom is 0.231 e. The zero-order chi connectivity index (χ0) is 8.55. The summed E-state index contributed by atoms with van der Waals surface area (Å²) < 4.78 is 10.5. The quantitative estimate of drug-likeness (QED) is 0.684. The van der Waals surface area contributed by atoms with Crippen LogP contribution >= 0.6 is 0 Å². The highest BCUT2D eigenvalue weighted by Gasteiger charge is 2.18. The average Bonchev–Trinajstić information content (AvgIpc) is 2.49. The fourth-order valence-electron chi connectivity index (χ4n) is 1.31. The summed E-state index contributed by atoms with van der Waals surface area (Å²) in [6.45, 7) is 2.23. The molecule has 0 aromatic heterocycles. The summed E-state index contributed by atoms with van der Waals surface area (Å²) in [5, 5.41) is 0. The lowest BCUT2D eigenvalue weighted by Gasteiger charge is -2.07. The van der Waals surface area contributed by atoms with Crippen molar-refractivity contribution in [1.82, 2.24) is 0 Å². The van der Waals surface area contributed by atoms with Crippen LogP contribution in [0.2, 0.25) is 0 Å². The molecule has 3 heteroatoms. The Morgan fingerprint density at radius 2 is 2.25 bits per heavy atom. The number of hydrogen-bond donors (Lipinski definition) is 1. The second-order valence-electron chi connectivity index (χ2n) is 2.87. The number of hydrogen-bond acceptors (Lipinski definition) is 3. The highest BCUT2D eigenvalue weighted by molar-refractivity contribution is 5.49. The zero-order valence-corrected chi connectivity index (χ0v) is 6.91. The first-order valence-electron chi connectivity index (χ1n) is 3.93. The molecule has 1 atom stereocenters. The zero-order valence-electron chi connectivity index (χ0n) is 6.91. The molecular weight excluding hydrogens is 154 g/mol. The summed E-state index contributed by atoms with van der Waals surface area (Å²) in [7, 11) is 0. The Bertz CT molecular complexity index is 297. The lowest BCUT2D eigenvalue weighted by molar-refractivity contribution is 0.173. The van der Waals surface area contributed by atoms with Gasteiger partial charge in [-0.1, -0.05) is 12.1 Å². The smallest absolute Gasteiger partial charge is 0.231 e. The first kappa shape index (κ1) is 7.43. The van der Waals surface area contributed by atoms with Gasteiger partial charge in [-0.15, -0.1) is 0 Å². The molecule has 3 nitrogen and oxygen atoms in total. The molecule has 0 aliphatic carbocycles. The standard InChI is InChI=1S/C9H11NO2/c1-6(10)7-3-2-4-8-9(7)12-5-11-8/h2-4,6H,5,10H2,1H3/t6-/m1/s1. The molecule has 1 aliphatic rings. The van der Waals surface area contributed by atoms with E-state index in [9.17, 15) is 0 Å². The number of fused-ring (bicyclic) bond motifs is 1. The van der Waals surface area contributed by atoms with Gasteiger partial charge in [-0.3, -0.25) is 0 Å². The van der Waals surface area contributed by atoms with E-state index >= 15 is 0 Å². The Balaban J connectivity index is 2.49. The van der Waals surface area contributed by atoms with Crippen LogP contribution in [0.25, 0.3) is 0 Å². The van der Waals surface area contributed by atoms with Gasteiger partial charge in [0.25, 0.3) is 0 Å². The fourth-order valence-corrected chi connectivity index (χ4v) is 1.31. The summed E-state index contributed by atoms with van der Waals surface area (Å²) in [6, 6.07) is 5.75. The predicted octanol–water partition coefficient (Wildman–Crippen LogP) is 1.44. The maximum atomic E-state index is 5.75. The van der Waals surface area contributed by atoms with Gasteiger partial charge in [0.1, 0.15) is 0 Å². The number of rotatable bonds is 1. The molecule has 2 rings (SSSR count). The second-order valence-corrected chi connectivity index (χ2v) is 2.87. The van der Waals surface area contributed by atoms with Crippen molar-refractivity contribution < 1.29 is 9.47 Å². The maximum absolute atomic E-state index is 5.75. The summed E-state index contributed by atoms with van der Waals surface area (Å²) in [4.78, 5) is 0. The van der Waals surface area contributed by atoms with Crippen molar-refractivity contribution in [3.05, 3.63) is 23.8 Å². The minimum atomic E-state index is -0.0124. The summed E-state index contributed by atoms with van der Waals surface area (Å²) in [6.07, 6.45) is 0. The van der Waals surface area contributed by atoms with Crippen LogP contribution in [0.15, 0.2) is 18.2 Å². The largest absolute Gasteiger partial charge is 0.454 e. The van der Waals surface area contributed by atoms with Gasteiger partial charge in [0.15, 0.2) is 11.5 Å². The van der Waals surface area contributed by atoms with Crippen LogP contribution in [-0.4, -0.2) is 6.79 Å². The first-order chi connectivity index (χ1) is 5.79. The number of para-hydroxylation sites is 1. The molecule has 0 unspecified atom stereocenters. The molecule has 0 saturated carbocycles. The SMILES string of the molecule is C[C@@H](N)c1cccc2c1OCO2. The number of ether oxygens (including phenoxy) is 2. The predicted molar refractivity (Wildman–Crippen MR) is 45.2 cm³/mol. The topological polar surface area (TPSA) is 44.5 Å². The monoisotopic (exact) mass is 165 g/mol. The third kappa shape index (κ3) is 1.02. The van der Waals surface area contributed by atoms with Gasteiger partial charge in [0.2, 0.25) is 6.79 Å². The molecule has 0 radical (unpaired) electrons. The van der Waals surface area contributed by atoms with E-state index in [1.807, 2.05) is 25.1 Å². The van der Waals surface area contributed by atoms with Gasteiger partial charge in [0.05, 0.1) is 0 Å². The van der Waals surface area contributed by atoms with E-state index in [-0.39, 0.29) is 6.04 Å². The van der Waals surface area contributed by atoms with Gasteiger partial charge < -0.3 is 15.2 Å². The highest BCUT2D eigenvalue weighted by atomic mass is 16.7. The summed E-state index contributed by atoms with van der Waals surface area (Å²) in [5.74, 6) is 1.59. The molecule has 0 bridgehead atoms. The van der Waals surface area contributed by atoms with Crippen molar-refractivity contribution in [1.29, 1.82) is 0 Å². The molecule has 1 aromatic carbocycles. The van der Waals surface area contributed by atoms with Crippen molar-refractivity contribution in [2.45, 2.75) is 13.0 Å². The van der Waals surface area contributed by atoms with Gasteiger partial charge in [-0.2, -0.15) is 0 Å². The minimum absolute atomic E-state index is 0.0124. The Labute approximate surface area is 71.1 Å². The Hall–Kier alpha value is -1.22. The molecule has 64 valence electrons.